The summed E-state index contributed by atoms with van der Waals surface area (Å²) in [7, 11) is 0. The third kappa shape index (κ3) is 4.24. The van der Waals surface area contributed by atoms with E-state index in [1.807, 2.05) is 39.0 Å². The fourth-order valence-corrected chi connectivity index (χ4v) is 5.27. The summed E-state index contributed by atoms with van der Waals surface area (Å²) in [6.45, 7) is 6.19. The van der Waals surface area contributed by atoms with Gasteiger partial charge >= 0.3 is 0 Å². The molecule has 2 aliphatic rings. The van der Waals surface area contributed by atoms with Crippen LogP contribution in [0.2, 0.25) is 0 Å². The number of ether oxygens (including phenoxy) is 1. The number of amides is 2. The molecule has 3 heterocycles. The molecule has 2 aromatic carbocycles. The number of aryl methyl sites for hydroxylation is 3. The Hall–Kier alpha value is -3.43. The molecule has 1 aromatic heterocycles. The number of thioether (sulfide) groups is 1. The zero-order valence-corrected chi connectivity index (χ0v) is 20.4. The third-order valence-electron chi connectivity index (χ3n) is 5.67. The minimum absolute atomic E-state index is 0.0253. The van der Waals surface area contributed by atoms with Crippen molar-refractivity contribution in [1.29, 1.82) is 0 Å². The molecule has 1 N–H and O–H groups in total. The van der Waals surface area contributed by atoms with Gasteiger partial charge in [-0.25, -0.2) is 0 Å². The Balaban J connectivity index is 1.50. The van der Waals surface area contributed by atoms with E-state index in [9.17, 15) is 9.59 Å². The SMILES string of the molecule is Cc1cc(CN2C(=O)COc3ccc(C=C4SC(=S)NC4=O)cc32)cc(-c2c(C)noc2C)c1. The van der Waals surface area contributed by atoms with E-state index >= 15 is 0 Å². The Labute approximate surface area is 206 Å². The summed E-state index contributed by atoms with van der Waals surface area (Å²) >= 11 is 6.29. The number of anilines is 1. The van der Waals surface area contributed by atoms with Gasteiger partial charge < -0.3 is 19.5 Å². The van der Waals surface area contributed by atoms with Crippen LogP contribution in [0.5, 0.6) is 5.75 Å². The van der Waals surface area contributed by atoms with Crippen molar-refractivity contribution in [2.45, 2.75) is 27.3 Å². The summed E-state index contributed by atoms with van der Waals surface area (Å²) in [5, 5.41) is 6.69. The van der Waals surface area contributed by atoms with Crippen molar-refractivity contribution in [2.24, 2.45) is 0 Å². The zero-order chi connectivity index (χ0) is 24.0. The molecule has 34 heavy (non-hydrogen) atoms. The molecule has 9 heteroatoms. The second-order valence-corrected chi connectivity index (χ2v) is 9.97. The molecular formula is C25H21N3O4S2. The Bertz CT molecular complexity index is 1370. The Morgan fingerprint density at radius 2 is 2.00 bits per heavy atom. The number of aromatic nitrogens is 1. The Morgan fingerprint density at radius 1 is 1.18 bits per heavy atom. The quantitative estimate of drug-likeness (QED) is 0.419. The first-order valence-corrected chi connectivity index (χ1v) is 11.9. The van der Waals surface area contributed by atoms with Crippen LogP contribution in [-0.2, 0) is 16.1 Å². The highest BCUT2D eigenvalue weighted by atomic mass is 32.2. The van der Waals surface area contributed by atoms with Gasteiger partial charge in [0.15, 0.2) is 6.61 Å². The molecule has 2 amide bonds. The van der Waals surface area contributed by atoms with E-state index in [0.717, 1.165) is 39.3 Å². The minimum atomic E-state index is -0.219. The maximum Gasteiger partial charge on any atom is 0.265 e. The first-order valence-electron chi connectivity index (χ1n) is 10.6. The smallest absolute Gasteiger partial charge is 0.265 e. The van der Waals surface area contributed by atoms with Crippen LogP contribution in [0.3, 0.4) is 0 Å². The van der Waals surface area contributed by atoms with Gasteiger partial charge in [0.2, 0.25) is 0 Å². The number of fused-ring (bicyclic) bond motifs is 1. The highest BCUT2D eigenvalue weighted by Gasteiger charge is 2.27. The molecule has 0 spiro atoms. The van der Waals surface area contributed by atoms with Gasteiger partial charge in [0.25, 0.3) is 11.8 Å². The molecule has 1 saturated heterocycles. The Kier molecular flexibility index (Phi) is 5.75. The van der Waals surface area contributed by atoms with Crippen LogP contribution in [0.15, 0.2) is 45.8 Å². The van der Waals surface area contributed by atoms with E-state index in [4.69, 9.17) is 21.5 Å². The number of benzene rings is 2. The van der Waals surface area contributed by atoms with Crippen molar-refractivity contribution in [1.82, 2.24) is 10.5 Å². The molecule has 0 saturated carbocycles. The summed E-state index contributed by atoms with van der Waals surface area (Å²) in [4.78, 5) is 27.2. The molecule has 7 nitrogen and oxygen atoms in total. The van der Waals surface area contributed by atoms with E-state index in [2.05, 4.69) is 28.7 Å². The standard InChI is InChI=1S/C25H21N3O4S2/c1-13-6-17(8-18(7-13)23-14(2)27-32-15(23)3)11-28-19-9-16(4-5-20(19)31-12-22(28)29)10-21-24(30)26-25(33)34-21/h4-10H,11-12H2,1-3H3,(H,26,30,33). The fourth-order valence-electron chi connectivity index (χ4n) is 4.23. The predicted octanol–water partition coefficient (Wildman–Crippen LogP) is 4.68. The number of rotatable bonds is 4. The van der Waals surface area contributed by atoms with Gasteiger partial charge in [0, 0.05) is 5.56 Å². The molecule has 2 aliphatic heterocycles. The molecule has 1 fully saturated rings. The number of nitrogens with zero attached hydrogens (tertiary/aromatic N) is 2. The lowest BCUT2D eigenvalue weighted by Crippen LogP contribution is -2.38. The third-order valence-corrected chi connectivity index (χ3v) is 6.83. The highest BCUT2D eigenvalue weighted by molar-refractivity contribution is 8.26. The van der Waals surface area contributed by atoms with Crippen LogP contribution in [0.4, 0.5) is 5.69 Å². The van der Waals surface area contributed by atoms with Crippen molar-refractivity contribution in [2.75, 3.05) is 11.5 Å². The van der Waals surface area contributed by atoms with Gasteiger partial charge in [-0.05, 0) is 61.7 Å². The average Bonchev–Trinajstić information content (AvgIpc) is 3.29. The maximum absolute atomic E-state index is 12.9. The van der Waals surface area contributed by atoms with Crippen LogP contribution in [-0.4, -0.2) is 27.9 Å². The van der Waals surface area contributed by atoms with Crippen LogP contribution < -0.4 is 15.0 Å². The number of nitrogens with one attached hydrogen (secondary N) is 1. The molecule has 0 radical (unpaired) electrons. The van der Waals surface area contributed by atoms with E-state index in [1.54, 1.807) is 11.0 Å². The van der Waals surface area contributed by atoms with E-state index in [0.29, 0.717) is 27.2 Å². The van der Waals surface area contributed by atoms with Crippen molar-refractivity contribution >= 4 is 51.9 Å². The Morgan fingerprint density at radius 3 is 2.71 bits per heavy atom. The summed E-state index contributed by atoms with van der Waals surface area (Å²) in [6, 6.07) is 11.8. The van der Waals surface area contributed by atoms with E-state index < -0.39 is 0 Å². The average molecular weight is 492 g/mol. The number of hydrogen-bond acceptors (Lipinski definition) is 7. The second-order valence-electron chi connectivity index (χ2n) is 8.25. The maximum atomic E-state index is 12.9. The molecular weight excluding hydrogens is 470 g/mol. The van der Waals surface area contributed by atoms with Crippen LogP contribution in [0.25, 0.3) is 17.2 Å². The predicted molar refractivity (Wildman–Crippen MR) is 136 cm³/mol. The monoisotopic (exact) mass is 491 g/mol. The molecule has 0 aliphatic carbocycles. The van der Waals surface area contributed by atoms with E-state index in [1.165, 1.54) is 11.8 Å². The lowest BCUT2D eigenvalue weighted by atomic mass is 9.98. The lowest BCUT2D eigenvalue weighted by Gasteiger charge is -2.30. The second kappa shape index (κ2) is 8.73. The summed E-state index contributed by atoms with van der Waals surface area (Å²) in [6.07, 6.45) is 1.76. The van der Waals surface area contributed by atoms with Gasteiger partial charge in [-0.3, -0.25) is 9.59 Å². The number of carbonyl (C=O) groups excluding carboxylic acids is 2. The molecule has 172 valence electrons. The molecule has 0 atom stereocenters. The van der Waals surface area contributed by atoms with Gasteiger partial charge in [-0.2, -0.15) is 0 Å². The lowest BCUT2D eigenvalue weighted by molar-refractivity contribution is -0.121. The first-order chi connectivity index (χ1) is 16.3. The molecule has 0 unspecified atom stereocenters. The van der Waals surface area contributed by atoms with Crippen LogP contribution in [0, 0.1) is 20.8 Å². The van der Waals surface area contributed by atoms with Gasteiger partial charge in [-0.15, -0.1) is 0 Å². The van der Waals surface area contributed by atoms with Crippen LogP contribution in [0.1, 0.15) is 28.1 Å². The van der Waals surface area contributed by atoms with E-state index in [-0.39, 0.29) is 18.4 Å². The summed E-state index contributed by atoms with van der Waals surface area (Å²) < 4.78 is 11.5. The number of carbonyl (C=O) groups is 2. The number of thiocarbonyl (C=S) groups is 1. The van der Waals surface area contributed by atoms with Crippen molar-refractivity contribution in [3.63, 3.8) is 0 Å². The van der Waals surface area contributed by atoms with Crippen molar-refractivity contribution in [3.05, 3.63) is 69.4 Å². The fraction of sp³-hybridized carbons (Fsp3) is 0.200. The molecule has 3 aromatic rings. The summed E-state index contributed by atoms with van der Waals surface area (Å²) in [5.41, 5.74) is 6.31. The summed E-state index contributed by atoms with van der Waals surface area (Å²) in [5.74, 6) is 1.03. The van der Waals surface area contributed by atoms with Gasteiger partial charge in [-0.1, -0.05) is 52.9 Å². The highest BCUT2D eigenvalue weighted by Crippen LogP contribution is 2.36. The van der Waals surface area contributed by atoms with Gasteiger partial charge in [0.05, 0.1) is 22.8 Å². The topological polar surface area (TPSA) is 84.7 Å². The van der Waals surface area contributed by atoms with Crippen molar-refractivity contribution < 1.29 is 18.8 Å². The minimum Gasteiger partial charge on any atom is -0.482 e. The number of hydrogen-bond donors (Lipinski definition) is 1. The van der Waals surface area contributed by atoms with Crippen molar-refractivity contribution in [3.8, 4) is 16.9 Å². The van der Waals surface area contributed by atoms with Gasteiger partial charge in [0.1, 0.15) is 15.8 Å². The molecule has 5 rings (SSSR count). The first kappa shape index (κ1) is 22.4. The van der Waals surface area contributed by atoms with Crippen LogP contribution >= 0.6 is 24.0 Å². The zero-order valence-electron chi connectivity index (χ0n) is 18.8. The normalized spacial score (nSPS) is 16.6. The molecule has 0 bridgehead atoms. The largest absolute Gasteiger partial charge is 0.482 e.